The van der Waals surface area contributed by atoms with Crippen molar-refractivity contribution in [2.75, 3.05) is 18.5 Å². The molecular formula is C19H23N2O3S+. The number of fused-ring (bicyclic) bond motifs is 1. The molecule has 25 heavy (non-hydrogen) atoms. The Balaban J connectivity index is 1.84. The van der Waals surface area contributed by atoms with E-state index in [4.69, 9.17) is 4.74 Å². The lowest BCUT2D eigenvalue weighted by Crippen LogP contribution is -3.10. The number of esters is 1. The fourth-order valence-electron chi connectivity index (χ4n) is 3.24. The zero-order valence-electron chi connectivity index (χ0n) is 14.6. The number of thiophene rings is 1. The molecule has 1 aromatic carbocycles. The highest BCUT2D eigenvalue weighted by molar-refractivity contribution is 7.16. The summed E-state index contributed by atoms with van der Waals surface area (Å²) in [5, 5.41) is 3.43. The predicted octanol–water partition coefficient (Wildman–Crippen LogP) is 2.02. The van der Waals surface area contributed by atoms with E-state index in [1.165, 1.54) is 33.6 Å². The molecule has 0 fully saturated rings. The fraction of sp³-hybridized carbons (Fsp3) is 0.368. The average molecular weight is 359 g/mol. The quantitative estimate of drug-likeness (QED) is 0.803. The number of anilines is 1. The van der Waals surface area contributed by atoms with E-state index >= 15 is 0 Å². The molecule has 0 radical (unpaired) electrons. The normalized spacial score (nSPS) is 16.2. The monoisotopic (exact) mass is 359 g/mol. The minimum absolute atomic E-state index is 0.169. The number of carbonyl (C=O) groups is 2. The van der Waals surface area contributed by atoms with Crippen molar-refractivity contribution in [1.82, 2.24) is 0 Å². The summed E-state index contributed by atoms with van der Waals surface area (Å²) in [4.78, 5) is 26.5. The van der Waals surface area contributed by atoms with Crippen molar-refractivity contribution in [2.24, 2.45) is 0 Å². The van der Waals surface area contributed by atoms with Crippen LogP contribution >= 0.6 is 11.3 Å². The zero-order valence-corrected chi connectivity index (χ0v) is 15.4. The van der Waals surface area contributed by atoms with E-state index in [1.54, 1.807) is 6.92 Å². The molecule has 3 rings (SSSR count). The fourth-order valence-corrected chi connectivity index (χ4v) is 4.59. The highest BCUT2D eigenvalue weighted by Crippen LogP contribution is 2.35. The van der Waals surface area contributed by atoms with Crippen LogP contribution in [-0.4, -0.2) is 25.0 Å². The van der Waals surface area contributed by atoms with Crippen molar-refractivity contribution in [3.8, 4) is 0 Å². The van der Waals surface area contributed by atoms with Gasteiger partial charge in [-0.05, 0) is 12.5 Å². The van der Waals surface area contributed by atoms with Gasteiger partial charge in [0.2, 0.25) is 5.91 Å². The number of hydrogen-bond acceptors (Lipinski definition) is 4. The summed E-state index contributed by atoms with van der Waals surface area (Å²) >= 11 is 1.51. The molecule has 2 heterocycles. The van der Waals surface area contributed by atoms with E-state index < -0.39 is 0 Å². The largest absolute Gasteiger partial charge is 0.462 e. The molecule has 1 aromatic heterocycles. The van der Waals surface area contributed by atoms with E-state index in [2.05, 4.69) is 29.6 Å². The summed E-state index contributed by atoms with van der Waals surface area (Å²) in [5.41, 5.74) is 2.91. The third kappa shape index (κ3) is 4.08. The standard InChI is InChI=1S/C19H22N2O3S/c1-3-24-19(23)17-15-9-10-21(11-14-7-5-4-6-8-14)12-16(15)25-18(17)20-13(2)22/h4-8H,3,9-12H2,1-2H3,(H,20,22)/p+1. The minimum atomic E-state index is -0.338. The van der Waals surface area contributed by atoms with E-state index in [1.807, 2.05) is 6.07 Å². The second kappa shape index (κ2) is 7.80. The summed E-state index contributed by atoms with van der Waals surface area (Å²) in [5.74, 6) is -0.507. The molecule has 1 atom stereocenters. The van der Waals surface area contributed by atoms with Crippen LogP contribution in [0, 0.1) is 0 Å². The van der Waals surface area contributed by atoms with Gasteiger partial charge < -0.3 is 15.0 Å². The lowest BCUT2D eigenvalue weighted by Gasteiger charge is -2.24. The second-order valence-electron chi connectivity index (χ2n) is 6.20. The van der Waals surface area contributed by atoms with Gasteiger partial charge in [0.1, 0.15) is 18.1 Å². The molecule has 5 nitrogen and oxygen atoms in total. The summed E-state index contributed by atoms with van der Waals surface area (Å²) in [6.07, 6.45) is 0.821. The van der Waals surface area contributed by atoms with Gasteiger partial charge in [-0.2, -0.15) is 0 Å². The molecule has 132 valence electrons. The van der Waals surface area contributed by atoms with Crippen LogP contribution in [0.4, 0.5) is 5.00 Å². The van der Waals surface area contributed by atoms with Gasteiger partial charge in [0, 0.05) is 18.9 Å². The Hall–Kier alpha value is -2.18. The summed E-state index contributed by atoms with van der Waals surface area (Å²) in [6.45, 7) is 6.36. The Labute approximate surface area is 151 Å². The number of hydrogen-bond donors (Lipinski definition) is 2. The van der Waals surface area contributed by atoms with Crippen molar-refractivity contribution in [2.45, 2.75) is 33.4 Å². The molecule has 0 saturated carbocycles. The van der Waals surface area contributed by atoms with Gasteiger partial charge in [-0.1, -0.05) is 30.3 Å². The smallest absolute Gasteiger partial charge is 0.341 e. The molecule has 0 spiro atoms. The van der Waals surface area contributed by atoms with Gasteiger partial charge in [-0.15, -0.1) is 11.3 Å². The summed E-state index contributed by atoms with van der Waals surface area (Å²) in [6, 6.07) is 10.4. The van der Waals surface area contributed by atoms with Gasteiger partial charge in [-0.3, -0.25) is 4.79 Å². The first-order valence-electron chi connectivity index (χ1n) is 8.55. The highest BCUT2D eigenvalue weighted by atomic mass is 32.1. The average Bonchev–Trinajstić information content (AvgIpc) is 2.92. The molecule has 1 unspecified atom stereocenters. The molecule has 0 aliphatic carbocycles. The Bertz CT molecular complexity index is 770. The van der Waals surface area contributed by atoms with Gasteiger partial charge >= 0.3 is 5.97 Å². The first-order chi connectivity index (χ1) is 12.1. The maximum Gasteiger partial charge on any atom is 0.341 e. The number of benzene rings is 1. The van der Waals surface area contributed by atoms with E-state index in [9.17, 15) is 9.59 Å². The number of nitrogens with one attached hydrogen (secondary N) is 2. The maximum absolute atomic E-state index is 12.4. The molecule has 0 saturated heterocycles. The Kier molecular flexibility index (Phi) is 5.50. The molecule has 6 heteroatoms. The van der Waals surface area contributed by atoms with E-state index in [0.717, 1.165) is 31.6 Å². The van der Waals surface area contributed by atoms with E-state index in [-0.39, 0.29) is 11.9 Å². The Morgan fingerprint density at radius 2 is 2.04 bits per heavy atom. The summed E-state index contributed by atoms with van der Waals surface area (Å²) < 4.78 is 5.21. The third-order valence-electron chi connectivity index (χ3n) is 4.30. The number of rotatable bonds is 5. The molecular weight excluding hydrogens is 336 g/mol. The Morgan fingerprint density at radius 1 is 1.28 bits per heavy atom. The van der Waals surface area contributed by atoms with Crippen molar-refractivity contribution in [1.29, 1.82) is 0 Å². The topological polar surface area (TPSA) is 59.8 Å². The van der Waals surface area contributed by atoms with Crippen LogP contribution in [0.25, 0.3) is 0 Å². The van der Waals surface area contributed by atoms with Gasteiger partial charge in [0.25, 0.3) is 0 Å². The van der Waals surface area contributed by atoms with Crippen LogP contribution in [-0.2, 0) is 29.0 Å². The molecule has 0 bridgehead atoms. The maximum atomic E-state index is 12.4. The van der Waals surface area contributed by atoms with Gasteiger partial charge in [-0.25, -0.2) is 4.79 Å². The second-order valence-corrected chi connectivity index (χ2v) is 7.30. The Morgan fingerprint density at radius 3 is 2.72 bits per heavy atom. The van der Waals surface area contributed by atoms with Gasteiger partial charge in [0.15, 0.2) is 0 Å². The SMILES string of the molecule is CCOC(=O)c1c(NC(C)=O)sc2c1CC[NH+](Cc1ccccc1)C2. The first kappa shape index (κ1) is 17.6. The molecule has 1 aliphatic heterocycles. The first-order valence-corrected chi connectivity index (χ1v) is 9.36. The molecule has 1 aliphatic rings. The number of ether oxygens (including phenoxy) is 1. The van der Waals surface area contributed by atoms with Crippen LogP contribution in [0.1, 0.15) is 40.2 Å². The number of carbonyl (C=O) groups excluding carboxylic acids is 2. The third-order valence-corrected chi connectivity index (χ3v) is 5.44. The van der Waals surface area contributed by atoms with Crippen LogP contribution in [0.15, 0.2) is 30.3 Å². The van der Waals surface area contributed by atoms with Crippen LogP contribution < -0.4 is 10.2 Å². The highest BCUT2D eigenvalue weighted by Gasteiger charge is 2.31. The van der Waals surface area contributed by atoms with Crippen molar-refractivity contribution >= 4 is 28.2 Å². The summed E-state index contributed by atoms with van der Waals surface area (Å²) in [7, 11) is 0. The number of quaternary nitrogens is 1. The van der Waals surface area contributed by atoms with Crippen molar-refractivity contribution < 1.29 is 19.2 Å². The zero-order chi connectivity index (χ0) is 17.8. The van der Waals surface area contributed by atoms with Crippen LogP contribution in [0.5, 0.6) is 0 Å². The van der Waals surface area contributed by atoms with Gasteiger partial charge in [0.05, 0.1) is 23.6 Å². The predicted molar refractivity (Wildman–Crippen MR) is 98.0 cm³/mol. The minimum Gasteiger partial charge on any atom is -0.462 e. The number of amides is 1. The molecule has 2 N–H and O–H groups in total. The van der Waals surface area contributed by atoms with Crippen molar-refractivity contribution in [3.05, 3.63) is 51.9 Å². The molecule has 1 amide bonds. The van der Waals surface area contributed by atoms with Crippen molar-refractivity contribution in [3.63, 3.8) is 0 Å². The lowest BCUT2D eigenvalue weighted by molar-refractivity contribution is -0.929. The van der Waals surface area contributed by atoms with Crippen LogP contribution in [0.2, 0.25) is 0 Å². The molecule has 2 aromatic rings. The van der Waals surface area contributed by atoms with E-state index in [0.29, 0.717) is 17.2 Å². The van der Waals surface area contributed by atoms with Crippen LogP contribution in [0.3, 0.4) is 0 Å². The lowest BCUT2D eigenvalue weighted by atomic mass is 10.0.